The van der Waals surface area contributed by atoms with Crippen LogP contribution in [0.15, 0.2) is 17.0 Å². The van der Waals surface area contributed by atoms with E-state index >= 15 is 0 Å². The molecule has 0 spiro atoms. The standard InChI is InChI=1S/C12H14F2N2O3S/c1-2-6-3-10(6)16-12(17)8-4-7(20(15,18)19)5-9(13)11(8)14/h4-6,10H,2-3H2,1H3,(H,16,17)(H2,15,18,19). The van der Waals surface area contributed by atoms with Crippen molar-refractivity contribution in [1.29, 1.82) is 0 Å². The molecular weight excluding hydrogens is 290 g/mol. The molecule has 20 heavy (non-hydrogen) atoms. The maximum atomic E-state index is 13.6. The van der Waals surface area contributed by atoms with E-state index in [2.05, 4.69) is 5.32 Å². The number of halogens is 2. The molecule has 1 saturated carbocycles. The van der Waals surface area contributed by atoms with Crippen LogP contribution in [-0.2, 0) is 10.0 Å². The molecule has 1 aliphatic rings. The lowest BCUT2D eigenvalue weighted by molar-refractivity contribution is 0.0943. The van der Waals surface area contributed by atoms with E-state index in [9.17, 15) is 22.0 Å². The van der Waals surface area contributed by atoms with E-state index in [-0.39, 0.29) is 6.04 Å². The summed E-state index contributed by atoms with van der Waals surface area (Å²) in [6.45, 7) is 1.96. The second-order valence-electron chi connectivity index (χ2n) is 4.80. The number of amides is 1. The molecule has 110 valence electrons. The number of hydrogen-bond donors (Lipinski definition) is 2. The fourth-order valence-electron chi connectivity index (χ4n) is 2.02. The van der Waals surface area contributed by atoms with Gasteiger partial charge in [0.25, 0.3) is 5.91 Å². The number of benzene rings is 1. The number of carbonyl (C=O) groups excluding carboxylic acids is 1. The maximum absolute atomic E-state index is 13.6. The van der Waals surface area contributed by atoms with Gasteiger partial charge in [0.2, 0.25) is 10.0 Å². The number of nitrogens with two attached hydrogens (primary N) is 1. The van der Waals surface area contributed by atoms with Crippen molar-refractivity contribution in [3.8, 4) is 0 Å². The third-order valence-corrected chi connectivity index (χ3v) is 4.23. The highest BCUT2D eigenvalue weighted by Gasteiger charge is 2.37. The zero-order valence-electron chi connectivity index (χ0n) is 10.7. The van der Waals surface area contributed by atoms with E-state index in [1.54, 1.807) is 0 Å². The maximum Gasteiger partial charge on any atom is 0.254 e. The van der Waals surface area contributed by atoms with Crippen molar-refractivity contribution >= 4 is 15.9 Å². The third kappa shape index (κ3) is 2.96. The normalized spacial score (nSPS) is 21.6. The van der Waals surface area contributed by atoms with Gasteiger partial charge < -0.3 is 5.32 Å². The van der Waals surface area contributed by atoms with E-state index in [1.165, 1.54) is 0 Å². The second kappa shape index (κ2) is 5.10. The summed E-state index contributed by atoms with van der Waals surface area (Å²) in [7, 11) is -4.21. The van der Waals surface area contributed by atoms with Crippen LogP contribution in [0.25, 0.3) is 0 Å². The van der Waals surface area contributed by atoms with Gasteiger partial charge in [0.05, 0.1) is 10.5 Å². The lowest BCUT2D eigenvalue weighted by Crippen LogP contribution is -2.28. The summed E-state index contributed by atoms with van der Waals surface area (Å²) >= 11 is 0. The Bertz CT molecular complexity index is 661. The van der Waals surface area contributed by atoms with Gasteiger partial charge in [-0.2, -0.15) is 0 Å². The highest BCUT2D eigenvalue weighted by molar-refractivity contribution is 7.89. The first kappa shape index (κ1) is 14.9. The quantitative estimate of drug-likeness (QED) is 0.874. The Morgan fingerprint density at radius 3 is 2.60 bits per heavy atom. The molecule has 3 N–H and O–H groups in total. The first-order valence-electron chi connectivity index (χ1n) is 6.06. The summed E-state index contributed by atoms with van der Waals surface area (Å²) in [6, 6.07) is 1.12. The Morgan fingerprint density at radius 2 is 2.10 bits per heavy atom. The molecular formula is C12H14F2N2O3S. The molecule has 0 aromatic heterocycles. The van der Waals surface area contributed by atoms with Gasteiger partial charge >= 0.3 is 0 Å². The highest BCUT2D eigenvalue weighted by atomic mass is 32.2. The van der Waals surface area contributed by atoms with Crippen LogP contribution in [0.2, 0.25) is 0 Å². The summed E-state index contributed by atoms with van der Waals surface area (Å²) < 4.78 is 49.3. The predicted molar refractivity (Wildman–Crippen MR) is 67.4 cm³/mol. The molecule has 8 heteroatoms. The molecule has 1 aliphatic carbocycles. The number of carbonyl (C=O) groups is 1. The molecule has 1 aromatic rings. The van der Waals surface area contributed by atoms with Crippen molar-refractivity contribution in [1.82, 2.24) is 5.32 Å². The molecule has 0 bridgehead atoms. The molecule has 0 aliphatic heterocycles. The van der Waals surface area contributed by atoms with E-state index < -0.39 is 38.0 Å². The van der Waals surface area contributed by atoms with Gasteiger partial charge in [0.15, 0.2) is 11.6 Å². The van der Waals surface area contributed by atoms with Gasteiger partial charge in [-0.1, -0.05) is 13.3 Å². The molecule has 1 aromatic carbocycles. The predicted octanol–water partition coefficient (Wildman–Crippen LogP) is 1.14. The Kier molecular flexibility index (Phi) is 3.79. The second-order valence-corrected chi connectivity index (χ2v) is 6.36. The van der Waals surface area contributed by atoms with E-state index in [0.717, 1.165) is 18.9 Å². The van der Waals surface area contributed by atoms with Crippen molar-refractivity contribution in [3.63, 3.8) is 0 Å². The Balaban J connectivity index is 2.31. The SMILES string of the molecule is CCC1CC1NC(=O)c1cc(S(N)(=O)=O)cc(F)c1F. The third-order valence-electron chi connectivity index (χ3n) is 3.34. The van der Waals surface area contributed by atoms with Crippen LogP contribution >= 0.6 is 0 Å². The van der Waals surface area contributed by atoms with Crippen molar-refractivity contribution in [2.75, 3.05) is 0 Å². The molecule has 2 atom stereocenters. The minimum absolute atomic E-state index is 0.0758. The number of nitrogens with one attached hydrogen (secondary N) is 1. The number of rotatable bonds is 4. The Labute approximate surface area is 115 Å². The highest BCUT2D eigenvalue weighted by Crippen LogP contribution is 2.33. The fraction of sp³-hybridized carbons (Fsp3) is 0.417. The number of sulfonamides is 1. The van der Waals surface area contributed by atoms with E-state index in [1.807, 2.05) is 6.92 Å². The van der Waals surface area contributed by atoms with Crippen LogP contribution < -0.4 is 10.5 Å². The summed E-state index contributed by atoms with van der Waals surface area (Å²) in [5.74, 6) is -3.32. The van der Waals surface area contributed by atoms with E-state index in [4.69, 9.17) is 5.14 Å². The average Bonchev–Trinajstić information content (AvgIpc) is 3.09. The van der Waals surface area contributed by atoms with E-state index in [0.29, 0.717) is 12.0 Å². The minimum atomic E-state index is -4.21. The summed E-state index contributed by atoms with van der Waals surface area (Å²) in [6.07, 6.45) is 1.65. The van der Waals surface area contributed by atoms with Gasteiger partial charge in [-0.05, 0) is 24.5 Å². The van der Waals surface area contributed by atoms with Crippen molar-refractivity contribution < 1.29 is 22.0 Å². The van der Waals surface area contributed by atoms with Crippen molar-refractivity contribution in [2.24, 2.45) is 11.1 Å². The van der Waals surface area contributed by atoms with Crippen LogP contribution in [0.5, 0.6) is 0 Å². The Morgan fingerprint density at radius 1 is 1.45 bits per heavy atom. The smallest absolute Gasteiger partial charge is 0.254 e. The monoisotopic (exact) mass is 304 g/mol. The molecule has 0 saturated heterocycles. The summed E-state index contributed by atoms with van der Waals surface area (Å²) in [5, 5.41) is 7.39. The Hall–Kier alpha value is -1.54. The van der Waals surface area contributed by atoms with Crippen LogP contribution in [-0.4, -0.2) is 20.4 Å². The van der Waals surface area contributed by atoms with Crippen molar-refractivity contribution in [2.45, 2.75) is 30.7 Å². The van der Waals surface area contributed by atoms with Crippen LogP contribution in [0.3, 0.4) is 0 Å². The molecule has 2 unspecified atom stereocenters. The van der Waals surface area contributed by atoms with Crippen molar-refractivity contribution in [3.05, 3.63) is 29.3 Å². The van der Waals surface area contributed by atoms with Gasteiger partial charge in [-0.3, -0.25) is 4.79 Å². The van der Waals surface area contributed by atoms with Crippen LogP contribution in [0.1, 0.15) is 30.1 Å². The molecule has 0 heterocycles. The lowest BCUT2D eigenvalue weighted by Gasteiger charge is -2.08. The molecule has 1 fully saturated rings. The van der Waals surface area contributed by atoms with Gasteiger partial charge in [-0.15, -0.1) is 0 Å². The van der Waals surface area contributed by atoms with Gasteiger partial charge in [0, 0.05) is 6.04 Å². The van der Waals surface area contributed by atoms with Gasteiger partial charge in [0.1, 0.15) is 0 Å². The minimum Gasteiger partial charge on any atom is -0.349 e. The largest absolute Gasteiger partial charge is 0.349 e. The topological polar surface area (TPSA) is 89.3 Å². The summed E-state index contributed by atoms with van der Waals surface area (Å²) in [5.41, 5.74) is -0.657. The molecule has 2 rings (SSSR count). The van der Waals surface area contributed by atoms with Crippen LogP contribution in [0, 0.1) is 17.6 Å². The average molecular weight is 304 g/mol. The molecule has 1 amide bonds. The molecule has 0 radical (unpaired) electrons. The zero-order chi connectivity index (χ0) is 15.1. The zero-order valence-corrected chi connectivity index (χ0v) is 11.5. The van der Waals surface area contributed by atoms with Gasteiger partial charge in [-0.25, -0.2) is 22.3 Å². The number of primary sulfonamides is 1. The first-order chi connectivity index (χ1) is 9.24. The summed E-state index contributed by atoms with van der Waals surface area (Å²) in [4.78, 5) is 11.2. The van der Waals surface area contributed by atoms with Crippen LogP contribution in [0.4, 0.5) is 8.78 Å². The fourth-order valence-corrected chi connectivity index (χ4v) is 2.57. The molecule has 5 nitrogen and oxygen atoms in total. The first-order valence-corrected chi connectivity index (χ1v) is 7.61. The lowest BCUT2D eigenvalue weighted by atomic mass is 10.2. The number of hydrogen-bond acceptors (Lipinski definition) is 3.